The number of amides is 1. The van der Waals surface area contributed by atoms with Crippen LogP contribution in [-0.2, 0) is 4.79 Å². The van der Waals surface area contributed by atoms with Crippen molar-refractivity contribution in [1.82, 2.24) is 14.9 Å². The maximum atomic E-state index is 11.9. The third-order valence-electron chi connectivity index (χ3n) is 3.44. The summed E-state index contributed by atoms with van der Waals surface area (Å²) in [5, 5.41) is 3.81. The number of hydrogen-bond acceptors (Lipinski definition) is 3. The number of nitrogens with zero attached hydrogens (tertiary/aromatic N) is 2. The average Bonchev–Trinajstić information content (AvgIpc) is 2.92. The van der Waals surface area contributed by atoms with Crippen LogP contribution in [-0.4, -0.2) is 27.3 Å². The number of thioether (sulfide) groups is 1. The fourth-order valence-electron chi connectivity index (χ4n) is 2.23. The standard InChI is InChI=1S/C17H23N3OS/c1-5-14(4)19-16(21)11-22-17-18-6-7-20(17)15-9-12(2)8-13(3)10-15/h6-10,14H,5,11H2,1-4H3,(H,19,21). The molecule has 1 N–H and O–H groups in total. The molecule has 5 heteroatoms. The molecule has 1 aromatic carbocycles. The summed E-state index contributed by atoms with van der Waals surface area (Å²) in [5.41, 5.74) is 3.52. The summed E-state index contributed by atoms with van der Waals surface area (Å²) < 4.78 is 2.03. The number of nitrogens with one attached hydrogen (secondary N) is 1. The first-order valence-electron chi connectivity index (χ1n) is 7.53. The Morgan fingerprint density at radius 3 is 2.64 bits per heavy atom. The van der Waals surface area contributed by atoms with E-state index in [0.717, 1.165) is 17.3 Å². The van der Waals surface area contributed by atoms with Gasteiger partial charge in [0.25, 0.3) is 0 Å². The highest BCUT2D eigenvalue weighted by Crippen LogP contribution is 2.22. The largest absolute Gasteiger partial charge is 0.353 e. The molecule has 1 atom stereocenters. The molecule has 1 aromatic heterocycles. The molecular weight excluding hydrogens is 294 g/mol. The van der Waals surface area contributed by atoms with Crippen molar-refractivity contribution in [2.75, 3.05) is 5.75 Å². The molecule has 0 aliphatic heterocycles. The first-order valence-corrected chi connectivity index (χ1v) is 8.52. The molecular formula is C17H23N3OS. The summed E-state index contributed by atoms with van der Waals surface area (Å²) in [7, 11) is 0. The van der Waals surface area contributed by atoms with Crippen molar-refractivity contribution in [3.8, 4) is 5.69 Å². The van der Waals surface area contributed by atoms with Crippen LogP contribution in [0.25, 0.3) is 5.69 Å². The van der Waals surface area contributed by atoms with E-state index in [4.69, 9.17) is 0 Å². The quantitative estimate of drug-likeness (QED) is 0.830. The summed E-state index contributed by atoms with van der Waals surface area (Å²) in [5.74, 6) is 0.431. The first-order chi connectivity index (χ1) is 10.5. The van der Waals surface area contributed by atoms with E-state index in [1.165, 1.54) is 22.9 Å². The van der Waals surface area contributed by atoms with Gasteiger partial charge in [0.05, 0.1) is 5.75 Å². The summed E-state index contributed by atoms with van der Waals surface area (Å²) in [4.78, 5) is 16.3. The van der Waals surface area contributed by atoms with Crippen molar-refractivity contribution in [3.63, 3.8) is 0 Å². The lowest BCUT2D eigenvalue weighted by Gasteiger charge is -2.12. The molecule has 118 valence electrons. The van der Waals surface area contributed by atoms with Crippen LogP contribution in [0, 0.1) is 13.8 Å². The zero-order valence-electron chi connectivity index (χ0n) is 13.6. The zero-order chi connectivity index (χ0) is 16.1. The van der Waals surface area contributed by atoms with E-state index in [-0.39, 0.29) is 11.9 Å². The van der Waals surface area contributed by atoms with Gasteiger partial charge in [0.2, 0.25) is 5.91 Å². The monoisotopic (exact) mass is 317 g/mol. The van der Waals surface area contributed by atoms with E-state index in [1.807, 2.05) is 17.7 Å². The highest BCUT2D eigenvalue weighted by molar-refractivity contribution is 7.99. The fraction of sp³-hybridized carbons (Fsp3) is 0.412. The van der Waals surface area contributed by atoms with Crippen LogP contribution in [0.15, 0.2) is 35.7 Å². The van der Waals surface area contributed by atoms with Crippen LogP contribution in [0.1, 0.15) is 31.4 Å². The Morgan fingerprint density at radius 1 is 1.32 bits per heavy atom. The van der Waals surface area contributed by atoms with Crippen LogP contribution in [0.4, 0.5) is 0 Å². The van der Waals surface area contributed by atoms with Crippen molar-refractivity contribution in [1.29, 1.82) is 0 Å². The Balaban J connectivity index is 2.08. The minimum Gasteiger partial charge on any atom is -0.353 e. The van der Waals surface area contributed by atoms with Crippen LogP contribution in [0.2, 0.25) is 0 Å². The molecule has 0 fully saturated rings. The predicted octanol–water partition coefficient (Wildman–Crippen LogP) is 3.50. The number of hydrogen-bond donors (Lipinski definition) is 1. The first kappa shape index (κ1) is 16.6. The molecule has 0 radical (unpaired) electrons. The van der Waals surface area contributed by atoms with E-state index in [2.05, 4.69) is 49.3 Å². The van der Waals surface area contributed by atoms with E-state index in [1.54, 1.807) is 6.20 Å². The number of aromatic nitrogens is 2. The maximum Gasteiger partial charge on any atom is 0.230 e. The van der Waals surface area contributed by atoms with Gasteiger partial charge in [-0.05, 0) is 50.5 Å². The van der Waals surface area contributed by atoms with Crippen LogP contribution < -0.4 is 5.32 Å². The SMILES string of the molecule is CCC(C)NC(=O)CSc1nccn1-c1cc(C)cc(C)c1. The Kier molecular flexibility index (Phi) is 5.66. The second kappa shape index (κ2) is 7.49. The molecule has 1 heterocycles. The second-order valence-electron chi connectivity index (χ2n) is 5.59. The van der Waals surface area contributed by atoms with Gasteiger partial charge in [0.1, 0.15) is 0 Å². The van der Waals surface area contributed by atoms with Gasteiger partial charge in [-0.2, -0.15) is 0 Å². The summed E-state index contributed by atoms with van der Waals surface area (Å²) in [6, 6.07) is 6.61. The molecule has 4 nitrogen and oxygen atoms in total. The van der Waals surface area contributed by atoms with E-state index in [9.17, 15) is 4.79 Å². The van der Waals surface area contributed by atoms with Gasteiger partial charge in [0, 0.05) is 24.1 Å². The number of rotatable bonds is 6. The van der Waals surface area contributed by atoms with Gasteiger partial charge < -0.3 is 5.32 Å². The molecule has 22 heavy (non-hydrogen) atoms. The molecule has 0 aliphatic carbocycles. The van der Waals surface area contributed by atoms with Crippen LogP contribution in [0.5, 0.6) is 0 Å². The smallest absolute Gasteiger partial charge is 0.230 e. The number of carbonyl (C=O) groups is 1. The number of aryl methyl sites for hydroxylation is 2. The van der Waals surface area contributed by atoms with Gasteiger partial charge in [-0.15, -0.1) is 0 Å². The Morgan fingerprint density at radius 2 is 2.00 bits per heavy atom. The molecule has 1 amide bonds. The lowest BCUT2D eigenvalue weighted by molar-refractivity contribution is -0.119. The number of imidazole rings is 1. The maximum absolute atomic E-state index is 11.9. The number of benzene rings is 1. The number of carbonyl (C=O) groups excluding carboxylic acids is 1. The van der Waals surface area contributed by atoms with Crippen molar-refractivity contribution in [2.45, 2.75) is 45.3 Å². The van der Waals surface area contributed by atoms with Gasteiger partial charge >= 0.3 is 0 Å². The lowest BCUT2D eigenvalue weighted by Crippen LogP contribution is -2.33. The second-order valence-corrected chi connectivity index (χ2v) is 6.53. The minimum atomic E-state index is 0.0503. The molecule has 1 unspecified atom stereocenters. The molecule has 0 saturated carbocycles. The zero-order valence-corrected chi connectivity index (χ0v) is 14.4. The molecule has 2 aromatic rings. The highest BCUT2D eigenvalue weighted by Gasteiger charge is 2.11. The normalized spacial score (nSPS) is 12.2. The summed E-state index contributed by atoms with van der Waals surface area (Å²) in [6.45, 7) is 8.24. The highest BCUT2D eigenvalue weighted by atomic mass is 32.2. The van der Waals surface area contributed by atoms with Crippen LogP contribution in [0.3, 0.4) is 0 Å². The van der Waals surface area contributed by atoms with E-state index in [0.29, 0.717) is 5.75 Å². The van der Waals surface area contributed by atoms with Crippen molar-refractivity contribution >= 4 is 17.7 Å². The topological polar surface area (TPSA) is 46.9 Å². The molecule has 0 aliphatic rings. The third-order valence-corrected chi connectivity index (χ3v) is 4.41. The Labute approximate surface area is 136 Å². The minimum absolute atomic E-state index is 0.0503. The molecule has 0 bridgehead atoms. The Bertz CT molecular complexity index is 631. The summed E-state index contributed by atoms with van der Waals surface area (Å²) in [6.07, 6.45) is 4.64. The van der Waals surface area contributed by atoms with Gasteiger partial charge in [-0.1, -0.05) is 24.8 Å². The molecule has 0 spiro atoms. The molecule has 0 saturated heterocycles. The van der Waals surface area contributed by atoms with Gasteiger partial charge in [-0.3, -0.25) is 9.36 Å². The lowest BCUT2D eigenvalue weighted by atomic mass is 10.1. The van der Waals surface area contributed by atoms with Crippen molar-refractivity contribution in [2.24, 2.45) is 0 Å². The molecule has 2 rings (SSSR count). The third kappa shape index (κ3) is 4.37. The van der Waals surface area contributed by atoms with E-state index >= 15 is 0 Å². The summed E-state index contributed by atoms with van der Waals surface area (Å²) >= 11 is 1.46. The van der Waals surface area contributed by atoms with Crippen molar-refractivity contribution in [3.05, 3.63) is 41.7 Å². The fourth-order valence-corrected chi connectivity index (χ4v) is 3.02. The van der Waals surface area contributed by atoms with Crippen LogP contribution >= 0.6 is 11.8 Å². The average molecular weight is 317 g/mol. The van der Waals surface area contributed by atoms with Gasteiger partial charge in [-0.25, -0.2) is 4.98 Å². The Hall–Kier alpha value is -1.75. The van der Waals surface area contributed by atoms with Crippen molar-refractivity contribution < 1.29 is 4.79 Å². The predicted molar refractivity (Wildman–Crippen MR) is 91.7 cm³/mol. The van der Waals surface area contributed by atoms with Gasteiger partial charge in [0.15, 0.2) is 5.16 Å². The van der Waals surface area contributed by atoms with E-state index < -0.39 is 0 Å².